The molecule has 0 aromatic heterocycles. The molecule has 0 amide bonds. The summed E-state index contributed by atoms with van der Waals surface area (Å²) in [5, 5.41) is 9.23. The van der Waals surface area contributed by atoms with Gasteiger partial charge in [0.15, 0.2) is 0 Å². The predicted molar refractivity (Wildman–Crippen MR) is 72.9 cm³/mol. The molecule has 0 saturated carbocycles. The lowest BCUT2D eigenvalue weighted by Gasteiger charge is -2.13. The van der Waals surface area contributed by atoms with E-state index in [2.05, 4.69) is 13.8 Å². The van der Waals surface area contributed by atoms with Gasteiger partial charge in [-0.3, -0.25) is 0 Å². The van der Waals surface area contributed by atoms with E-state index in [-0.39, 0.29) is 6.61 Å². The third-order valence-corrected chi connectivity index (χ3v) is 2.78. The molecule has 1 rings (SSSR count). The SMILES string of the molecule is Cc1cccc(CO)c1OCCOCCC(C)C. The zero-order valence-electron chi connectivity index (χ0n) is 11.6. The first kappa shape index (κ1) is 15.0. The first-order valence-corrected chi connectivity index (χ1v) is 6.55. The third-order valence-electron chi connectivity index (χ3n) is 2.78. The Balaban J connectivity index is 2.31. The second-order valence-corrected chi connectivity index (χ2v) is 4.86. The maximum Gasteiger partial charge on any atom is 0.127 e. The van der Waals surface area contributed by atoms with E-state index in [1.807, 2.05) is 25.1 Å². The fraction of sp³-hybridized carbons (Fsp3) is 0.600. The molecule has 1 N–H and O–H groups in total. The minimum atomic E-state index is 0.00518. The zero-order chi connectivity index (χ0) is 13.4. The van der Waals surface area contributed by atoms with Crippen LogP contribution in [0.1, 0.15) is 31.4 Å². The fourth-order valence-electron chi connectivity index (χ4n) is 1.67. The van der Waals surface area contributed by atoms with E-state index in [9.17, 15) is 5.11 Å². The summed E-state index contributed by atoms with van der Waals surface area (Å²) < 4.78 is 11.2. The van der Waals surface area contributed by atoms with Crippen LogP contribution in [0.2, 0.25) is 0 Å². The van der Waals surface area contributed by atoms with Crippen LogP contribution in [-0.2, 0) is 11.3 Å². The number of rotatable bonds is 8. The molecule has 0 atom stereocenters. The topological polar surface area (TPSA) is 38.7 Å². The van der Waals surface area contributed by atoms with Crippen LogP contribution >= 0.6 is 0 Å². The summed E-state index contributed by atoms with van der Waals surface area (Å²) in [6.07, 6.45) is 1.08. The Labute approximate surface area is 110 Å². The van der Waals surface area contributed by atoms with Crippen LogP contribution < -0.4 is 4.74 Å². The van der Waals surface area contributed by atoms with Crippen molar-refractivity contribution >= 4 is 0 Å². The van der Waals surface area contributed by atoms with Crippen molar-refractivity contribution in [3.8, 4) is 5.75 Å². The average Bonchev–Trinajstić information content (AvgIpc) is 2.34. The molecule has 0 fully saturated rings. The van der Waals surface area contributed by atoms with Gasteiger partial charge in [0.2, 0.25) is 0 Å². The lowest BCUT2D eigenvalue weighted by atomic mass is 10.1. The standard InChI is InChI=1S/C15H24O3/c1-12(2)7-8-17-9-10-18-15-13(3)5-4-6-14(15)11-16/h4-6,12,16H,7-11H2,1-3H3. The van der Waals surface area contributed by atoms with Gasteiger partial charge in [-0.05, 0) is 24.8 Å². The molecule has 102 valence electrons. The van der Waals surface area contributed by atoms with Crippen LogP contribution in [0.5, 0.6) is 5.75 Å². The Kier molecular flexibility index (Phi) is 6.76. The van der Waals surface area contributed by atoms with E-state index in [1.54, 1.807) is 0 Å². The van der Waals surface area contributed by atoms with E-state index in [0.717, 1.165) is 29.9 Å². The predicted octanol–water partition coefficient (Wildman–Crippen LogP) is 2.93. The van der Waals surface area contributed by atoms with Crippen molar-refractivity contribution in [3.05, 3.63) is 29.3 Å². The van der Waals surface area contributed by atoms with Crippen molar-refractivity contribution in [2.24, 2.45) is 5.92 Å². The maximum atomic E-state index is 9.23. The van der Waals surface area contributed by atoms with Crippen molar-refractivity contribution in [1.29, 1.82) is 0 Å². The number of aryl methyl sites for hydroxylation is 1. The molecule has 0 aliphatic carbocycles. The zero-order valence-corrected chi connectivity index (χ0v) is 11.6. The van der Waals surface area contributed by atoms with Crippen molar-refractivity contribution in [1.82, 2.24) is 0 Å². The van der Waals surface area contributed by atoms with Gasteiger partial charge in [0, 0.05) is 12.2 Å². The van der Waals surface area contributed by atoms with E-state index in [1.165, 1.54) is 0 Å². The molecule has 0 aliphatic rings. The Morgan fingerprint density at radius 1 is 1.17 bits per heavy atom. The fourth-order valence-corrected chi connectivity index (χ4v) is 1.67. The van der Waals surface area contributed by atoms with Crippen molar-refractivity contribution in [2.45, 2.75) is 33.8 Å². The largest absolute Gasteiger partial charge is 0.491 e. The van der Waals surface area contributed by atoms with Gasteiger partial charge in [-0.2, -0.15) is 0 Å². The number of para-hydroxylation sites is 1. The van der Waals surface area contributed by atoms with Crippen molar-refractivity contribution < 1.29 is 14.6 Å². The Morgan fingerprint density at radius 2 is 1.94 bits per heavy atom. The summed E-state index contributed by atoms with van der Waals surface area (Å²) in [5.74, 6) is 1.45. The highest BCUT2D eigenvalue weighted by Crippen LogP contribution is 2.23. The molecule has 1 aromatic carbocycles. The van der Waals surface area contributed by atoms with E-state index in [0.29, 0.717) is 19.1 Å². The number of hydrogen-bond donors (Lipinski definition) is 1. The Bertz CT molecular complexity index is 348. The summed E-state index contributed by atoms with van der Waals surface area (Å²) >= 11 is 0. The number of ether oxygens (including phenoxy) is 2. The van der Waals surface area contributed by atoms with E-state index >= 15 is 0 Å². The van der Waals surface area contributed by atoms with Crippen LogP contribution in [0.4, 0.5) is 0 Å². The van der Waals surface area contributed by atoms with Gasteiger partial charge >= 0.3 is 0 Å². The normalized spacial score (nSPS) is 10.9. The molecule has 0 unspecified atom stereocenters. The monoisotopic (exact) mass is 252 g/mol. The van der Waals surface area contributed by atoms with Gasteiger partial charge in [-0.15, -0.1) is 0 Å². The Hall–Kier alpha value is -1.06. The minimum absolute atomic E-state index is 0.00518. The quantitative estimate of drug-likeness (QED) is 0.723. The molecule has 0 saturated heterocycles. The first-order chi connectivity index (χ1) is 8.65. The molecule has 1 aromatic rings. The molecular weight excluding hydrogens is 228 g/mol. The van der Waals surface area contributed by atoms with Crippen LogP contribution in [-0.4, -0.2) is 24.9 Å². The van der Waals surface area contributed by atoms with Gasteiger partial charge in [-0.1, -0.05) is 32.0 Å². The maximum absolute atomic E-state index is 9.23. The molecule has 0 bridgehead atoms. The van der Waals surface area contributed by atoms with Gasteiger partial charge in [0.1, 0.15) is 12.4 Å². The summed E-state index contributed by atoms with van der Waals surface area (Å²) in [6.45, 7) is 8.24. The summed E-state index contributed by atoms with van der Waals surface area (Å²) in [6, 6.07) is 5.78. The summed E-state index contributed by atoms with van der Waals surface area (Å²) in [4.78, 5) is 0. The molecule has 18 heavy (non-hydrogen) atoms. The van der Waals surface area contributed by atoms with E-state index < -0.39 is 0 Å². The van der Waals surface area contributed by atoms with Crippen LogP contribution in [0.15, 0.2) is 18.2 Å². The molecular formula is C15H24O3. The molecule has 3 nitrogen and oxygen atoms in total. The summed E-state index contributed by atoms with van der Waals surface area (Å²) in [7, 11) is 0. The minimum Gasteiger partial charge on any atom is -0.491 e. The number of aliphatic hydroxyl groups excluding tert-OH is 1. The molecule has 0 spiro atoms. The Morgan fingerprint density at radius 3 is 2.61 bits per heavy atom. The summed E-state index contributed by atoms with van der Waals surface area (Å²) in [5.41, 5.74) is 1.88. The molecule has 0 aliphatic heterocycles. The highest BCUT2D eigenvalue weighted by Gasteiger charge is 2.05. The van der Waals surface area contributed by atoms with Gasteiger partial charge < -0.3 is 14.6 Å². The molecule has 0 radical (unpaired) electrons. The molecule has 0 heterocycles. The lowest BCUT2D eigenvalue weighted by molar-refractivity contribution is 0.0915. The van der Waals surface area contributed by atoms with Gasteiger partial charge in [0.25, 0.3) is 0 Å². The van der Waals surface area contributed by atoms with Crippen molar-refractivity contribution in [2.75, 3.05) is 19.8 Å². The second kappa shape index (κ2) is 8.11. The highest BCUT2D eigenvalue weighted by molar-refractivity contribution is 5.40. The highest BCUT2D eigenvalue weighted by atomic mass is 16.5. The van der Waals surface area contributed by atoms with Crippen LogP contribution in [0.3, 0.4) is 0 Å². The van der Waals surface area contributed by atoms with Crippen molar-refractivity contribution in [3.63, 3.8) is 0 Å². The first-order valence-electron chi connectivity index (χ1n) is 6.55. The smallest absolute Gasteiger partial charge is 0.127 e. The van der Waals surface area contributed by atoms with Gasteiger partial charge in [-0.25, -0.2) is 0 Å². The number of aliphatic hydroxyl groups is 1. The van der Waals surface area contributed by atoms with Crippen LogP contribution in [0.25, 0.3) is 0 Å². The second-order valence-electron chi connectivity index (χ2n) is 4.86. The van der Waals surface area contributed by atoms with Gasteiger partial charge in [0.05, 0.1) is 13.2 Å². The third kappa shape index (κ3) is 5.07. The number of hydrogen-bond acceptors (Lipinski definition) is 3. The average molecular weight is 252 g/mol. The number of benzene rings is 1. The lowest BCUT2D eigenvalue weighted by Crippen LogP contribution is -2.10. The van der Waals surface area contributed by atoms with E-state index in [4.69, 9.17) is 9.47 Å². The van der Waals surface area contributed by atoms with Crippen LogP contribution in [0, 0.1) is 12.8 Å². The molecule has 3 heteroatoms.